The zero-order chi connectivity index (χ0) is 16.1. The Kier molecular flexibility index (Phi) is 3.25. The van der Waals surface area contributed by atoms with Crippen molar-refractivity contribution in [2.75, 3.05) is 11.9 Å². The standard InChI is InChI=1S/C18H21N3O2/c1-10-3-8-16(22)21(2)15-7-4-11(9-14(10)15)17-12-5-6-13(12)18(23)20-19-17/h4,7,9-10,12-13H,3,5-6,8H2,1-2H3,(H,20,23). The minimum Gasteiger partial charge on any atom is -0.315 e. The number of benzene rings is 1. The monoisotopic (exact) mass is 311 g/mol. The normalized spacial score (nSPS) is 29.7. The van der Waals surface area contributed by atoms with Crippen molar-refractivity contribution in [3.63, 3.8) is 0 Å². The molecule has 1 aliphatic carbocycles. The van der Waals surface area contributed by atoms with Crippen molar-refractivity contribution in [2.24, 2.45) is 16.9 Å². The fraction of sp³-hybridized carbons (Fsp3) is 0.500. The minimum absolute atomic E-state index is 0.0541. The fourth-order valence-corrected chi connectivity index (χ4v) is 3.91. The molecule has 5 heteroatoms. The van der Waals surface area contributed by atoms with Gasteiger partial charge in [-0.15, -0.1) is 0 Å². The van der Waals surface area contributed by atoms with Crippen LogP contribution < -0.4 is 10.3 Å². The molecule has 0 bridgehead atoms. The smallest absolute Gasteiger partial charge is 0.243 e. The summed E-state index contributed by atoms with van der Waals surface area (Å²) in [6.45, 7) is 2.17. The van der Waals surface area contributed by atoms with Crippen molar-refractivity contribution in [1.29, 1.82) is 0 Å². The first-order valence-corrected chi connectivity index (χ1v) is 8.34. The fourth-order valence-electron chi connectivity index (χ4n) is 3.91. The van der Waals surface area contributed by atoms with Crippen LogP contribution in [0.1, 0.15) is 49.7 Å². The summed E-state index contributed by atoms with van der Waals surface area (Å²) >= 11 is 0. The number of anilines is 1. The molecule has 3 atom stereocenters. The Morgan fingerprint density at radius 3 is 2.70 bits per heavy atom. The summed E-state index contributed by atoms with van der Waals surface area (Å²) in [5.74, 6) is 0.906. The molecule has 1 fully saturated rings. The Balaban J connectivity index is 1.75. The summed E-state index contributed by atoms with van der Waals surface area (Å²) < 4.78 is 0. The molecular formula is C18H21N3O2. The average molecular weight is 311 g/mol. The van der Waals surface area contributed by atoms with Gasteiger partial charge in [-0.1, -0.05) is 13.0 Å². The van der Waals surface area contributed by atoms with Gasteiger partial charge in [-0.05, 0) is 48.4 Å². The Bertz CT molecular complexity index is 725. The SMILES string of the molecule is CC1CCC(=O)N(C)c2ccc(C3=NNC(=O)C4CCC34)cc21. The van der Waals surface area contributed by atoms with E-state index in [9.17, 15) is 9.59 Å². The molecular weight excluding hydrogens is 290 g/mol. The first-order chi connectivity index (χ1) is 11.1. The van der Waals surface area contributed by atoms with Crippen LogP contribution in [0.3, 0.4) is 0 Å². The van der Waals surface area contributed by atoms with Crippen LogP contribution in [0.5, 0.6) is 0 Å². The lowest BCUT2D eigenvalue weighted by atomic mass is 9.68. The van der Waals surface area contributed by atoms with Gasteiger partial charge in [-0.25, -0.2) is 5.43 Å². The van der Waals surface area contributed by atoms with E-state index >= 15 is 0 Å². The van der Waals surface area contributed by atoms with Gasteiger partial charge in [0.25, 0.3) is 0 Å². The second-order valence-corrected chi connectivity index (χ2v) is 6.93. The van der Waals surface area contributed by atoms with Crippen molar-refractivity contribution in [3.05, 3.63) is 29.3 Å². The van der Waals surface area contributed by atoms with Crippen LogP contribution >= 0.6 is 0 Å². The minimum atomic E-state index is 0.0541. The number of hydrazone groups is 1. The van der Waals surface area contributed by atoms with Crippen molar-refractivity contribution in [1.82, 2.24) is 5.43 Å². The summed E-state index contributed by atoms with van der Waals surface area (Å²) in [7, 11) is 1.85. The third kappa shape index (κ3) is 2.18. The lowest BCUT2D eigenvalue weighted by molar-refractivity contribution is -0.129. The Labute approximate surface area is 135 Å². The van der Waals surface area contributed by atoms with Gasteiger partial charge >= 0.3 is 0 Å². The van der Waals surface area contributed by atoms with Crippen LogP contribution in [0.2, 0.25) is 0 Å². The maximum atomic E-state index is 12.1. The molecule has 5 nitrogen and oxygen atoms in total. The molecule has 4 rings (SSSR count). The third-order valence-corrected chi connectivity index (χ3v) is 5.63. The second kappa shape index (κ2) is 5.18. The van der Waals surface area contributed by atoms with Crippen LogP contribution in [-0.2, 0) is 9.59 Å². The third-order valence-electron chi connectivity index (χ3n) is 5.63. The van der Waals surface area contributed by atoms with Gasteiger partial charge < -0.3 is 4.90 Å². The van der Waals surface area contributed by atoms with Crippen LogP contribution in [0, 0.1) is 11.8 Å². The first-order valence-electron chi connectivity index (χ1n) is 8.34. The largest absolute Gasteiger partial charge is 0.315 e. The van der Waals surface area contributed by atoms with Crippen molar-refractivity contribution in [2.45, 2.75) is 38.5 Å². The van der Waals surface area contributed by atoms with E-state index in [-0.39, 0.29) is 23.7 Å². The molecule has 1 aromatic rings. The molecule has 2 heterocycles. The molecule has 120 valence electrons. The van der Waals surface area contributed by atoms with Crippen molar-refractivity contribution < 1.29 is 9.59 Å². The number of amides is 2. The quantitative estimate of drug-likeness (QED) is 0.865. The summed E-state index contributed by atoms with van der Waals surface area (Å²) in [4.78, 5) is 25.6. The van der Waals surface area contributed by atoms with E-state index < -0.39 is 0 Å². The zero-order valence-corrected chi connectivity index (χ0v) is 13.5. The van der Waals surface area contributed by atoms with Gasteiger partial charge in [0.05, 0.1) is 5.71 Å². The number of fused-ring (bicyclic) bond motifs is 2. The highest BCUT2D eigenvalue weighted by Gasteiger charge is 2.43. The number of hydrogen-bond donors (Lipinski definition) is 1. The van der Waals surface area contributed by atoms with Crippen LogP contribution in [-0.4, -0.2) is 24.6 Å². The molecule has 1 saturated carbocycles. The summed E-state index contributed by atoms with van der Waals surface area (Å²) in [5.41, 5.74) is 6.93. The molecule has 1 N–H and O–H groups in total. The molecule has 2 amide bonds. The topological polar surface area (TPSA) is 61.8 Å². The molecule has 0 saturated heterocycles. The molecule has 0 spiro atoms. The van der Waals surface area contributed by atoms with E-state index in [0.717, 1.165) is 36.2 Å². The maximum absolute atomic E-state index is 12.1. The zero-order valence-electron chi connectivity index (χ0n) is 13.5. The van der Waals surface area contributed by atoms with E-state index in [4.69, 9.17) is 0 Å². The molecule has 2 aliphatic heterocycles. The summed E-state index contributed by atoms with van der Waals surface area (Å²) in [6.07, 6.45) is 3.44. The van der Waals surface area contributed by atoms with Gasteiger partial charge in [0, 0.05) is 31.0 Å². The number of hydrogen-bond acceptors (Lipinski definition) is 3. The van der Waals surface area contributed by atoms with Crippen LogP contribution in [0.4, 0.5) is 5.69 Å². The number of carbonyl (C=O) groups is 2. The molecule has 0 radical (unpaired) electrons. The average Bonchev–Trinajstić information content (AvgIpc) is 2.61. The van der Waals surface area contributed by atoms with Crippen LogP contribution in [0.15, 0.2) is 23.3 Å². The van der Waals surface area contributed by atoms with E-state index in [2.05, 4.69) is 23.5 Å². The number of nitrogens with one attached hydrogen (secondary N) is 1. The van der Waals surface area contributed by atoms with Crippen molar-refractivity contribution >= 4 is 23.2 Å². The van der Waals surface area contributed by atoms with E-state index in [1.165, 1.54) is 5.56 Å². The lowest BCUT2D eigenvalue weighted by Crippen LogP contribution is -2.47. The van der Waals surface area contributed by atoms with Gasteiger partial charge in [-0.3, -0.25) is 9.59 Å². The van der Waals surface area contributed by atoms with Crippen LogP contribution in [0.25, 0.3) is 0 Å². The molecule has 23 heavy (non-hydrogen) atoms. The first kappa shape index (κ1) is 14.4. The molecule has 1 aromatic carbocycles. The summed E-state index contributed by atoms with van der Waals surface area (Å²) in [6, 6.07) is 6.23. The predicted octanol–water partition coefficient (Wildman–Crippen LogP) is 2.41. The van der Waals surface area contributed by atoms with Gasteiger partial charge in [-0.2, -0.15) is 5.10 Å². The van der Waals surface area contributed by atoms with Gasteiger partial charge in [0.1, 0.15) is 0 Å². The number of carbonyl (C=O) groups excluding carboxylic acids is 2. The number of nitrogens with zero attached hydrogens (tertiary/aromatic N) is 2. The predicted molar refractivity (Wildman–Crippen MR) is 88.4 cm³/mol. The Hall–Kier alpha value is -2.17. The Morgan fingerprint density at radius 1 is 1.17 bits per heavy atom. The highest BCUT2D eigenvalue weighted by Crippen LogP contribution is 2.41. The lowest BCUT2D eigenvalue weighted by Gasteiger charge is -2.39. The van der Waals surface area contributed by atoms with E-state index in [0.29, 0.717) is 12.3 Å². The van der Waals surface area contributed by atoms with Gasteiger partial charge in [0.2, 0.25) is 11.8 Å². The number of rotatable bonds is 1. The molecule has 3 aliphatic rings. The van der Waals surface area contributed by atoms with E-state index in [1.54, 1.807) is 4.90 Å². The highest BCUT2D eigenvalue weighted by molar-refractivity contribution is 6.08. The Morgan fingerprint density at radius 2 is 1.96 bits per heavy atom. The van der Waals surface area contributed by atoms with E-state index in [1.807, 2.05) is 19.2 Å². The molecule has 0 aromatic heterocycles. The molecule has 3 unspecified atom stereocenters. The van der Waals surface area contributed by atoms with Gasteiger partial charge in [0.15, 0.2) is 0 Å². The summed E-state index contributed by atoms with van der Waals surface area (Å²) in [5, 5.41) is 4.33. The second-order valence-electron chi connectivity index (χ2n) is 6.93. The maximum Gasteiger partial charge on any atom is 0.243 e. The van der Waals surface area contributed by atoms with Crippen molar-refractivity contribution in [3.8, 4) is 0 Å². The highest BCUT2D eigenvalue weighted by atomic mass is 16.2.